The highest BCUT2D eigenvalue weighted by atomic mass is 19.4. The third-order valence-corrected chi connectivity index (χ3v) is 6.66. The van der Waals surface area contributed by atoms with Gasteiger partial charge in [-0.15, -0.1) is 0 Å². The van der Waals surface area contributed by atoms with Crippen LogP contribution in [0.15, 0.2) is 72.0 Å². The molecule has 0 bridgehead atoms. The second-order valence-corrected chi connectivity index (χ2v) is 9.41. The highest BCUT2D eigenvalue weighted by Gasteiger charge is 2.34. The molecule has 0 amide bonds. The Labute approximate surface area is 222 Å². The van der Waals surface area contributed by atoms with Gasteiger partial charge in [0, 0.05) is 23.7 Å². The molecule has 1 N–H and O–H groups in total. The number of anilines is 1. The zero-order valence-corrected chi connectivity index (χ0v) is 22.1. The molecule has 0 saturated heterocycles. The summed E-state index contributed by atoms with van der Waals surface area (Å²) >= 11 is 0. The summed E-state index contributed by atoms with van der Waals surface area (Å²) in [6, 6.07) is 7.50. The first-order chi connectivity index (χ1) is 18.3. The van der Waals surface area contributed by atoms with Crippen LogP contribution in [0.1, 0.15) is 51.4 Å². The van der Waals surface area contributed by atoms with E-state index in [1.165, 1.54) is 23.4 Å². The quantitative estimate of drug-likeness (QED) is 0.298. The SMILES string of the molecule is CCCN(CC)Cc1nc(NCCC2=CCC=CC=C2C)c2ccc(-c3ncccc3C(F)(F)F)cc2n1. The van der Waals surface area contributed by atoms with Gasteiger partial charge >= 0.3 is 6.18 Å². The van der Waals surface area contributed by atoms with E-state index >= 15 is 0 Å². The van der Waals surface area contributed by atoms with E-state index in [1.807, 2.05) is 0 Å². The van der Waals surface area contributed by atoms with Crippen LogP contribution >= 0.6 is 0 Å². The summed E-state index contributed by atoms with van der Waals surface area (Å²) in [6.45, 7) is 9.35. The van der Waals surface area contributed by atoms with E-state index < -0.39 is 11.7 Å². The molecule has 3 aromatic rings. The molecule has 0 aliphatic heterocycles. The van der Waals surface area contributed by atoms with Gasteiger partial charge in [-0.25, -0.2) is 9.97 Å². The monoisotopic (exact) mass is 521 g/mol. The number of alkyl halides is 3. The Morgan fingerprint density at radius 1 is 1.11 bits per heavy atom. The number of nitrogens with zero attached hydrogens (tertiary/aromatic N) is 4. The third-order valence-electron chi connectivity index (χ3n) is 6.66. The van der Waals surface area contributed by atoms with Crippen LogP contribution < -0.4 is 5.32 Å². The smallest absolute Gasteiger partial charge is 0.369 e. The number of aromatic nitrogens is 3. The van der Waals surface area contributed by atoms with E-state index in [-0.39, 0.29) is 5.69 Å². The average Bonchev–Trinajstić information content (AvgIpc) is 3.11. The summed E-state index contributed by atoms with van der Waals surface area (Å²) < 4.78 is 41.0. The van der Waals surface area contributed by atoms with Crippen LogP contribution in [0.4, 0.5) is 19.0 Å². The molecule has 200 valence electrons. The van der Waals surface area contributed by atoms with Gasteiger partial charge in [0.05, 0.1) is 23.3 Å². The second kappa shape index (κ2) is 12.3. The van der Waals surface area contributed by atoms with Crippen molar-refractivity contribution in [3.63, 3.8) is 0 Å². The minimum absolute atomic E-state index is 0.103. The third kappa shape index (κ3) is 6.67. The van der Waals surface area contributed by atoms with Gasteiger partial charge in [0.1, 0.15) is 11.6 Å². The predicted octanol–water partition coefficient (Wildman–Crippen LogP) is 7.58. The Kier molecular flexibility index (Phi) is 8.94. The fourth-order valence-corrected chi connectivity index (χ4v) is 4.64. The highest BCUT2D eigenvalue weighted by Crippen LogP contribution is 2.37. The molecule has 1 aliphatic carbocycles. The van der Waals surface area contributed by atoms with Gasteiger partial charge in [0.25, 0.3) is 0 Å². The number of fused-ring (bicyclic) bond motifs is 1. The fourth-order valence-electron chi connectivity index (χ4n) is 4.64. The molecule has 0 radical (unpaired) electrons. The second-order valence-electron chi connectivity index (χ2n) is 9.41. The van der Waals surface area contributed by atoms with Crippen molar-refractivity contribution >= 4 is 16.7 Å². The maximum atomic E-state index is 13.7. The lowest BCUT2D eigenvalue weighted by Gasteiger charge is -2.20. The summed E-state index contributed by atoms with van der Waals surface area (Å²) in [5, 5.41) is 4.25. The molecule has 1 aromatic carbocycles. The largest absolute Gasteiger partial charge is 0.418 e. The molecule has 0 spiro atoms. The molecule has 0 unspecified atom stereocenters. The molecule has 1 aliphatic rings. The minimum atomic E-state index is -4.50. The molecule has 2 heterocycles. The number of benzene rings is 1. The maximum Gasteiger partial charge on any atom is 0.418 e. The number of halogens is 3. The lowest BCUT2D eigenvalue weighted by atomic mass is 10.0. The Bertz CT molecular complexity index is 1360. The van der Waals surface area contributed by atoms with Gasteiger partial charge in [-0.1, -0.05) is 44.2 Å². The summed E-state index contributed by atoms with van der Waals surface area (Å²) in [4.78, 5) is 15.9. The van der Waals surface area contributed by atoms with E-state index in [1.54, 1.807) is 18.2 Å². The maximum absolute atomic E-state index is 13.7. The van der Waals surface area contributed by atoms with Crippen LogP contribution in [0, 0.1) is 0 Å². The Balaban J connectivity index is 1.70. The first-order valence-corrected chi connectivity index (χ1v) is 13.1. The standard InChI is InChI=1S/C30H34F3N5/c1-4-18-38(5-2)20-27-36-26-19-23(28-25(30(31,32)33)12-9-16-34-28)13-14-24(26)29(37-27)35-17-15-22-11-8-6-7-10-21(22)3/h6-7,9-14,16,19H,4-5,8,15,17-18,20H2,1-3H3,(H,35,36,37). The highest BCUT2D eigenvalue weighted by molar-refractivity contribution is 5.92. The molecular weight excluding hydrogens is 487 g/mol. The predicted molar refractivity (Wildman–Crippen MR) is 148 cm³/mol. The van der Waals surface area contributed by atoms with Crippen molar-refractivity contribution in [3.05, 3.63) is 83.4 Å². The molecule has 0 fully saturated rings. The van der Waals surface area contributed by atoms with Crippen LogP contribution in [-0.2, 0) is 12.7 Å². The molecule has 0 saturated carbocycles. The topological polar surface area (TPSA) is 53.9 Å². The molecule has 38 heavy (non-hydrogen) atoms. The van der Waals surface area contributed by atoms with Gasteiger partial charge in [0.15, 0.2) is 0 Å². The fraction of sp³-hybridized carbons (Fsp3) is 0.367. The van der Waals surface area contributed by atoms with Gasteiger partial charge in [-0.05, 0) is 74.7 Å². The number of pyridine rings is 1. The van der Waals surface area contributed by atoms with Crippen LogP contribution in [-0.4, -0.2) is 39.5 Å². The number of hydrogen-bond acceptors (Lipinski definition) is 5. The molecule has 8 heteroatoms. The van der Waals surface area contributed by atoms with Gasteiger partial charge in [-0.2, -0.15) is 13.2 Å². The minimum Gasteiger partial charge on any atom is -0.369 e. The first-order valence-electron chi connectivity index (χ1n) is 13.1. The average molecular weight is 522 g/mol. The summed E-state index contributed by atoms with van der Waals surface area (Å²) in [5.41, 5.74) is 2.63. The lowest BCUT2D eigenvalue weighted by Crippen LogP contribution is -2.25. The van der Waals surface area contributed by atoms with E-state index in [2.05, 4.69) is 60.3 Å². The lowest BCUT2D eigenvalue weighted by molar-refractivity contribution is -0.137. The van der Waals surface area contributed by atoms with Crippen molar-refractivity contribution in [2.75, 3.05) is 25.0 Å². The van der Waals surface area contributed by atoms with Crippen molar-refractivity contribution in [1.29, 1.82) is 0 Å². The molecule has 0 atom stereocenters. The van der Waals surface area contributed by atoms with Crippen molar-refractivity contribution in [3.8, 4) is 11.3 Å². The van der Waals surface area contributed by atoms with Crippen molar-refractivity contribution in [2.24, 2.45) is 0 Å². The summed E-state index contributed by atoms with van der Waals surface area (Å²) in [5.74, 6) is 1.33. The van der Waals surface area contributed by atoms with E-state index in [0.717, 1.165) is 43.8 Å². The van der Waals surface area contributed by atoms with Gasteiger partial charge in [0.2, 0.25) is 0 Å². The number of nitrogens with one attached hydrogen (secondary N) is 1. The Morgan fingerprint density at radius 2 is 1.95 bits per heavy atom. The van der Waals surface area contributed by atoms with Crippen LogP contribution in [0.25, 0.3) is 22.2 Å². The van der Waals surface area contributed by atoms with E-state index in [4.69, 9.17) is 9.97 Å². The van der Waals surface area contributed by atoms with Crippen molar-refractivity contribution in [1.82, 2.24) is 19.9 Å². The zero-order chi connectivity index (χ0) is 27.1. The first kappa shape index (κ1) is 27.5. The number of allylic oxidation sites excluding steroid dienone is 5. The van der Waals surface area contributed by atoms with E-state index in [0.29, 0.717) is 35.8 Å². The normalized spacial score (nSPS) is 14.0. The van der Waals surface area contributed by atoms with Crippen LogP contribution in [0.2, 0.25) is 0 Å². The van der Waals surface area contributed by atoms with E-state index in [9.17, 15) is 13.2 Å². The molecular formula is C30H34F3N5. The summed E-state index contributed by atoms with van der Waals surface area (Å²) in [6.07, 6.45) is 8.20. The van der Waals surface area contributed by atoms with Crippen LogP contribution in [0.5, 0.6) is 0 Å². The zero-order valence-electron chi connectivity index (χ0n) is 22.1. The van der Waals surface area contributed by atoms with Crippen LogP contribution in [0.3, 0.4) is 0 Å². The van der Waals surface area contributed by atoms with Crippen molar-refractivity contribution < 1.29 is 13.2 Å². The summed E-state index contributed by atoms with van der Waals surface area (Å²) in [7, 11) is 0. The number of rotatable bonds is 10. The van der Waals surface area contributed by atoms with Gasteiger partial charge in [-0.3, -0.25) is 9.88 Å². The van der Waals surface area contributed by atoms with Crippen molar-refractivity contribution in [2.45, 2.75) is 52.8 Å². The molecule has 4 rings (SSSR count). The number of hydrogen-bond donors (Lipinski definition) is 1. The van der Waals surface area contributed by atoms with Gasteiger partial charge < -0.3 is 5.32 Å². The Hall–Kier alpha value is -3.52. The Morgan fingerprint density at radius 3 is 2.71 bits per heavy atom. The molecule has 2 aromatic heterocycles. The molecule has 5 nitrogen and oxygen atoms in total.